The van der Waals surface area contributed by atoms with Gasteiger partial charge in [0.2, 0.25) is 0 Å². The summed E-state index contributed by atoms with van der Waals surface area (Å²) in [5, 5.41) is 16.0. The number of nitriles is 1. The lowest BCUT2D eigenvalue weighted by atomic mass is 10.0. The van der Waals surface area contributed by atoms with E-state index in [1.54, 1.807) is 12.4 Å². The van der Waals surface area contributed by atoms with Crippen molar-refractivity contribution in [2.45, 2.75) is 25.3 Å². The minimum atomic E-state index is 0.283. The van der Waals surface area contributed by atoms with Crippen LogP contribution in [-0.2, 0) is 0 Å². The molecule has 0 aliphatic carbocycles. The zero-order chi connectivity index (χ0) is 15.2. The zero-order valence-corrected chi connectivity index (χ0v) is 12.4. The third-order valence-corrected chi connectivity index (χ3v) is 4.01. The van der Waals surface area contributed by atoms with Crippen molar-refractivity contribution in [3.63, 3.8) is 0 Å². The van der Waals surface area contributed by atoms with E-state index in [2.05, 4.69) is 26.2 Å². The van der Waals surface area contributed by atoms with Gasteiger partial charge in [-0.2, -0.15) is 10.4 Å². The predicted molar refractivity (Wildman–Crippen MR) is 81.2 cm³/mol. The van der Waals surface area contributed by atoms with E-state index in [9.17, 15) is 0 Å². The van der Waals surface area contributed by atoms with Crippen molar-refractivity contribution in [1.29, 1.82) is 5.26 Å². The molecular formula is C16H19N5O. The Kier molecular flexibility index (Phi) is 4.66. The Bertz CT molecular complexity index is 634. The van der Waals surface area contributed by atoms with Gasteiger partial charge in [-0.05, 0) is 31.5 Å². The number of aromatic nitrogens is 3. The van der Waals surface area contributed by atoms with Gasteiger partial charge in [0.05, 0.1) is 11.6 Å². The first-order valence-electron chi connectivity index (χ1n) is 7.59. The van der Waals surface area contributed by atoms with Crippen molar-refractivity contribution in [2.24, 2.45) is 0 Å². The van der Waals surface area contributed by atoms with Crippen LogP contribution in [0, 0.1) is 11.3 Å². The Morgan fingerprint density at radius 3 is 3.09 bits per heavy atom. The summed E-state index contributed by atoms with van der Waals surface area (Å²) in [5.41, 5.74) is 0.577. The van der Waals surface area contributed by atoms with Crippen molar-refractivity contribution in [3.8, 4) is 11.8 Å². The molecule has 1 N–H and O–H groups in total. The molecule has 1 aromatic carbocycles. The highest BCUT2D eigenvalue weighted by atomic mass is 16.5. The van der Waals surface area contributed by atoms with E-state index < -0.39 is 0 Å². The summed E-state index contributed by atoms with van der Waals surface area (Å²) in [5.74, 6) is 1.58. The van der Waals surface area contributed by atoms with Crippen LogP contribution in [0.3, 0.4) is 0 Å². The number of para-hydroxylation sites is 1. The normalized spacial score (nSPS) is 18.8. The summed E-state index contributed by atoms with van der Waals surface area (Å²) in [7, 11) is 0. The number of aromatic amines is 1. The molecule has 3 rings (SSSR count). The van der Waals surface area contributed by atoms with Gasteiger partial charge in [0.25, 0.3) is 0 Å². The summed E-state index contributed by atoms with van der Waals surface area (Å²) in [6, 6.07) is 9.77. The minimum absolute atomic E-state index is 0.283. The van der Waals surface area contributed by atoms with Gasteiger partial charge in [-0.3, -0.25) is 10.00 Å². The monoisotopic (exact) mass is 297 g/mol. The van der Waals surface area contributed by atoms with E-state index in [1.165, 1.54) is 12.8 Å². The topological polar surface area (TPSA) is 77.8 Å². The summed E-state index contributed by atoms with van der Waals surface area (Å²) in [4.78, 5) is 6.67. The van der Waals surface area contributed by atoms with Gasteiger partial charge < -0.3 is 4.74 Å². The molecule has 1 fully saturated rings. The van der Waals surface area contributed by atoms with E-state index in [4.69, 9.17) is 10.00 Å². The van der Waals surface area contributed by atoms with Crippen molar-refractivity contribution in [3.05, 3.63) is 42.0 Å². The third kappa shape index (κ3) is 3.26. The number of likely N-dealkylation sites (tertiary alicyclic amines) is 1. The molecule has 0 unspecified atom stereocenters. The molecular weight excluding hydrogens is 278 g/mol. The lowest BCUT2D eigenvalue weighted by molar-refractivity contribution is 0.118. The molecule has 1 aromatic heterocycles. The van der Waals surface area contributed by atoms with Crippen LogP contribution in [0.4, 0.5) is 0 Å². The predicted octanol–water partition coefficient (Wildman–Crippen LogP) is 2.28. The first-order valence-corrected chi connectivity index (χ1v) is 7.59. The number of hydrogen-bond donors (Lipinski definition) is 1. The van der Waals surface area contributed by atoms with Gasteiger partial charge in [-0.25, -0.2) is 4.98 Å². The number of nitrogens with zero attached hydrogens (tertiary/aromatic N) is 4. The Balaban J connectivity index is 1.59. The zero-order valence-electron chi connectivity index (χ0n) is 12.4. The van der Waals surface area contributed by atoms with Gasteiger partial charge >= 0.3 is 0 Å². The molecule has 0 spiro atoms. The molecule has 1 aliphatic heterocycles. The fraction of sp³-hybridized carbons (Fsp3) is 0.438. The minimum Gasteiger partial charge on any atom is -0.491 e. The van der Waals surface area contributed by atoms with E-state index in [1.807, 2.05) is 18.2 Å². The quantitative estimate of drug-likeness (QED) is 0.916. The van der Waals surface area contributed by atoms with Crippen LogP contribution in [0.5, 0.6) is 5.75 Å². The molecule has 0 radical (unpaired) electrons. The van der Waals surface area contributed by atoms with Crippen LogP contribution in [0.15, 0.2) is 30.6 Å². The number of rotatable bonds is 5. The van der Waals surface area contributed by atoms with Crippen LogP contribution in [0.2, 0.25) is 0 Å². The van der Waals surface area contributed by atoms with Crippen LogP contribution in [-0.4, -0.2) is 39.8 Å². The molecule has 6 nitrogen and oxygen atoms in total. The van der Waals surface area contributed by atoms with Crippen molar-refractivity contribution < 1.29 is 4.74 Å². The highest BCUT2D eigenvalue weighted by Gasteiger charge is 2.25. The first kappa shape index (κ1) is 14.5. The largest absolute Gasteiger partial charge is 0.491 e. The lowest BCUT2D eigenvalue weighted by Crippen LogP contribution is -2.37. The molecule has 1 saturated heterocycles. The Labute approximate surface area is 129 Å². The van der Waals surface area contributed by atoms with Crippen LogP contribution >= 0.6 is 0 Å². The van der Waals surface area contributed by atoms with Gasteiger partial charge in [-0.1, -0.05) is 18.6 Å². The maximum atomic E-state index is 9.07. The molecule has 114 valence electrons. The highest BCUT2D eigenvalue weighted by Crippen LogP contribution is 2.28. The number of benzene rings is 1. The smallest absolute Gasteiger partial charge is 0.141 e. The molecule has 0 amide bonds. The maximum absolute atomic E-state index is 9.07. The summed E-state index contributed by atoms with van der Waals surface area (Å²) in [6.07, 6.45) is 5.05. The first-order chi connectivity index (χ1) is 10.9. The van der Waals surface area contributed by atoms with E-state index in [0.717, 1.165) is 25.3 Å². The van der Waals surface area contributed by atoms with E-state index in [0.29, 0.717) is 17.9 Å². The molecule has 2 aromatic rings. The van der Waals surface area contributed by atoms with Gasteiger partial charge in [0, 0.05) is 6.54 Å². The molecule has 0 bridgehead atoms. The highest BCUT2D eigenvalue weighted by molar-refractivity contribution is 5.42. The molecule has 6 heteroatoms. The molecule has 1 aliphatic rings. The second kappa shape index (κ2) is 7.05. The molecule has 0 saturated carbocycles. The molecule has 22 heavy (non-hydrogen) atoms. The Hall–Kier alpha value is -2.39. The maximum Gasteiger partial charge on any atom is 0.141 e. The summed E-state index contributed by atoms with van der Waals surface area (Å²) in [6.45, 7) is 2.41. The fourth-order valence-corrected chi connectivity index (χ4v) is 2.90. The Morgan fingerprint density at radius 1 is 1.36 bits per heavy atom. The lowest BCUT2D eigenvalue weighted by Gasteiger charge is -2.34. The van der Waals surface area contributed by atoms with Crippen LogP contribution in [0.25, 0.3) is 0 Å². The second-order valence-electron chi connectivity index (χ2n) is 5.37. The van der Waals surface area contributed by atoms with Gasteiger partial charge in [-0.15, -0.1) is 0 Å². The van der Waals surface area contributed by atoms with Crippen molar-refractivity contribution in [2.75, 3.05) is 19.7 Å². The second-order valence-corrected chi connectivity index (χ2v) is 5.37. The average Bonchev–Trinajstić information content (AvgIpc) is 3.10. The fourth-order valence-electron chi connectivity index (χ4n) is 2.90. The number of piperidine rings is 1. The summed E-state index contributed by atoms with van der Waals surface area (Å²) < 4.78 is 5.79. The number of hydrogen-bond acceptors (Lipinski definition) is 5. The van der Waals surface area contributed by atoms with Gasteiger partial charge in [0.1, 0.15) is 30.6 Å². The summed E-state index contributed by atoms with van der Waals surface area (Å²) >= 11 is 0. The van der Waals surface area contributed by atoms with E-state index >= 15 is 0 Å². The van der Waals surface area contributed by atoms with Gasteiger partial charge in [0.15, 0.2) is 0 Å². The number of nitrogens with one attached hydrogen (secondary N) is 1. The van der Waals surface area contributed by atoms with Crippen molar-refractivity contribution in [1.82, 2.24) is 20.1 Å². The molecule has 2 heterocycles. The molecule has 1 atom stereocenters. The van der Waals surface area contributed by atoms with Crippen molar-refractivity contribution >= 4 is 0 Å². The van der Waals surface area contributed by atoms with Crippen LogP contribution < -0.4 is 4.74 Å². The standard InChI is InChI=1S/C16H19N5O/c17-11-13-5-1-2-7-15(13)22-10-9-21-8-4-3-6-14(21)16-18-12-19-20-16/h1-2,5,7,12,14H,3-4,6,8-10H2,(H,18,19,20)/t14-/m0/s1. The number of H-pyrrole nitrogens is 1. The third-order valence-electron chi connectivity index (χ3n) is 4.01. The van der Waals surface area contributed by atoms with E-state index in [-0.39, 0.29) is 6.04 Å². The Morgan fingerprint density at radius 2 is 2.27 bits per heavy atom. The average molecular weight is 297 g/mol. The SMILES string of the molecule is N#Cc1ccccc1OCCN1CCCC[C@H]1c1ncn[nH]1. The van der Waals surface area contributed by atoms with Crippen LogP contribution in [0.1, 0.15) is 36.7 Å². The number of ether oxygens (including phenoxy) is 1.